The fraction of sp³-hybridized carbons (Fsp3) is 0.500. The Morgan fingerprint density at radius 2 is 1.85 bits per heavy atom. The molecule has 1 saturated heterocycles. The molecular weight excluding hydrogens is 434 g/mol. The molecule has 2 aromatic heterocycles. The van der Waals surface area contributed by atoms with Crippen LogP contribution in [0.3, 0.4) is 0 Å². The number of carbonyl (C=O) groups is 1. The fourth-order valence-electron chi connectivity index (χ4n) is 4.78. The molecule has 34 heavy (non-hydrogen) atoms. The van der Waals surface area contributed by atoms with Crippen molar-refractivity contribution in [2.45, 2.75) is 31.7 Å². The van der Waals surface area contributed by atoms with Crippen molar-refractivity contribution in [2.75, 3.05) is 50.2 Å². The Labute approximate surface area is 198 Å². The fourth-order valence-corrected chi connectivity index (χ4v) is 4.78. The summed E-state index contributed by atoms with van der Waals surface area (Å²) >= 11 is 0. The van der Waals surface area contributed by atoms with E-state index in [0.717, 1.165) is 61.1 Å². The second-order valence-electron chi connectivity index (χ2n) is 8.94. The Morgan fingerprint density at radius 3 is 2.53 bits per heavy atom. The van der Waals surface area contributed by atoms with Crippen LogP contribution in [0.15, 0.2) is 30.5 Å². The van der Waals surface area contributed by atoms with Crippen molar-refractivity contribution in [1.82, 2.24) is 25.1 Å². The lowest BCUT2D eigenvalue weighted by Crippen LogP contribution is -2.37. The number of aromatic nitrogens is 4. The van der Waals surface area contributed by atoms with Gasteiger partial charge in [0, 0.05) is 38.0 Å². The molecule has 1 saturated carbocycles. The van der Waals surface area contributed by atoms with Crippen LogP contribution in [0.4, 0.5) is 16.4 Å². The molecule has 0 bridgehead atoms. The lowest BCUT2D eigenvalue weighted by Gasteiger charge is -2.29. The first-order chi connectivity index (χ1) is 16.7. The van der Waals surface area contributed by atoms with Crippen LogP contribution in [-0.2, 0) is 4.74 Å². The summed E-state index contributed by atoms with van der Waals surface area (Å²) in [6, 6.07) is 7.66. The van der Waals surface area contributed by atoms with Crippen LogP contribution in [0.1, 0.15) is 31.7 Å². The Balaban J connectivity index is 1.53. The summed E-state index contributed by atoms with van der Waals surface area (Å²) in [6.45, 7) is 3.05. The third kappa shape index (κ3) is 4.55. The highest BCUT2D eigenvalue weighted by Crippen LogP contribution is 2.36. The van der Waals surface area contributed by atoms with Gasteiger partial charge in [0.05, 0.1) is 36.5 Å². The molecule has 10 heteroatoms. The molecule has 2 aliphatic rings. The normalized spacial score (nSPS) is 20.9. The number of amides is 2. The third-order valence-corrected chi connectivity index (χ3v) is 6.80. The largest absolute Gasteiger partial charge is 0.396 e. The molecule has 3 aromatic rings. The van der Waals surface area contributed by atoms with Crippen LogP contribution in [-0.4, -0.2) is 70.8 Å². The van der Waals surface area contributed by atoms with E-state index in [-0.39, 0.29) is 18.7 Å². The summed E-state index contributed by atoms with van der Waals surface area (Å²) in [5.74, 6) is 1.07. The van der Waals surface area contributed by atoms with E-state index in [1.165, 1.54) is 0 Å². The van der Waals surface area contributed by atoms with Gasteiger partial charge >= 0.3 is 6.03 Å². The van der Waals surface area contributed by atoms with Gasteiger partial charge in [-0.3, -0.25) is 0 Å². The number of carbonyl (C=O) groups excluding carboxylic acids is 1. The number of ether oxygens (including phenoxy) is 1. The number of aliphatic hydroxyl groups is 1. The van der Waals surface area contributed by atoms with Crippen molar-refractivity contribution in [3.63, 3.8) is 0 Å². The zero-order chi connectivity index (χ0) is 23.5. The van der Waals surface area contributed by atoms with E-state index in [2.05, 4.69) is 20.2 Å². The molecule has 1 aromatic carbocycles. The van der Waals surface area contributed by atoms with Crippen LogP contribution in [0.5, 0.6) is 0 Å². The second kappa shape index (κ2) is 9.94. The first kappa shape index (κ1) is 22.5. The molecule has 1 aliphatic carbocycles. The summed E-state index contributed by atoms with van der Waals surface area (Å²) in [7, 11) is 1.59. The Morgan fingerprint density at radius 1 is 1.12 bits per heavy atom. The van der Waals surface area contributed by atoms with Gasteiger partial charge in [0.15, 0.2) is 5.65 Å². The van der Waals surface area contributed by atoms with Crippen molar-refractivity contribution in [1.29, 1.82) is 0 Å². The Hall–Kier alpha value is -3.24. The van der Waals surface area contributed by atoms with Gasteiger partial charge in [0.25, 0.3) is 0 Å². The molecule has 0 spiro atoms. The molecular formula is C24H31N7O3. The highest BCUT2D eigenvalue weighted by atomic mass is 16.5. The van der Waals surface area contributed by atoms with E-state index in [1.54, 1.807) is 7.05 Å². The van der Waals surface area contributed by atoms with Gasteiger partial charge in [0.2, 0.25) is 5.95 Å². The number of hydrogen-bond acceptors (Lipinski definition) is 7. The van der Waals surface area contributed by atoms with Crippen molar-refractivity contribution in [3.8, 4) is 11.3 Å². The predicted molar refractivity (Wildman–Crippen MR) is 130 cm³/mol. The van der Waals surface area contributed by atoms with Crippen molar-refractivity contribution in [3.05, 3.63) is 30.5 Å². The number of benzene rings is 1. The maximum atomic E-state index is 11.6. The third-order valence-electron chi connectivity index (χ3n) is 6.80. The summed E-state index contributed by atoms with van der Waals surface area (Å²) in [6.07, 6.45) is 5.82. The number of hydrogen-bond donors (Lipinski definition) is 3. The first-order valence-electron chi connectivity index (χ1n) is 11.9. The Kier molecular flexibility index (Phi) is 6.59. The topological polar surface area (TPSA) is 117 Å². The predicted octanol–water partition coefficient (Wildman–Crippen LogP) is 2.80. The highest BCUT2D eigenvalue weighted by Gasteiger charge is 2.26. The number of urea groups is 1. The second-order valence-corrected chi connectivity index (χ2v) is 8.94. The molecule has 0 radical (unpaired) electrons. The zero-order valence-electron chi connectivity index (χ0n) is 19.4. The highest BCUT2D eigenvalue weighted by molar-refractivity contribution is 5.93. The number of morpholine rings is 1. The van der Waals surface area contributed by atoms with Crippen LogP contribution >= 0.6 is 0 Å². The van der Waals surface area contributed by atoms with E-state index >= 15 is 0 Å². The van der Waals surface area contributed by atoms with E-state index < -0.39 is 0 Å². The molecule has 10 nitrogen and oxygen atoms in total. The maximum Gasteiger partial charge on any atom is 0.318 e. The van der Waals surface area contributed by atoms with Crippen LogP contribution in [0, 0.1) is 5.92 Å². The van der Waals surface area contributed by atoms with Gasteiger partial charge in [-0.1, -0.05) is 12.1 Å². The molecule has 1 aliphatic heterocycles. The average Bonchev–Trinajstić information content (AvgIpc) is 3.33. The lowest BCUT2D eigenvalue weighted by molar-refractivity contribution is 0.122. The molecule has 5 rings (SSSR count). The quantitative estimate of drug-likeness (QED) is 0.530. The summed E-state index contributed by atoms with van der Waals surface area (Å²) < 4.78 is 7.58. The smallest absolute Gasteiger partial charge is 0.318 e. The number of anilines is 2. The van der Waals surface area contributed by atoms with Crippen LogP contribution < -0.4 is 15.5 Å². The molecule has 180 valence electrons. The lowest BCUT2D eigenvalue weighted by atomic mass is 9.86. The molecule has 3 heterocycles. The molecule has 2 amide bonds. The number of nitrogens with one attached hydrogen (secondary N) is 2. The number of aliphatic hydroxyl groups excluding tert-OH is 1. The van der Waals surface area contributed by atoms with Crippen LogP contribution in [0.25, 0.3) is 22.3 Å². The molecule has 0 atom stereocenters. The minimum atomic E-state index is -0.260. The maximum absolute atomic E-state index is 11.6. The summed E-state index contributed by atoms with van der Waals surface area (Å²) in [5.41, 5.74) is 3.31. The molecule has 2 fully saturated rings. The van der Waals surface area contributed by atoms with Crippen molar-refractivity contribution in [2.24, 2.45) is 5.92 Å². The average molecular weight is 466 g/mol. The SMILES string of the molecule is CNC(=O)Nc1ccc(-c2nc(N3CCOCC3)nc3c2cnn3C2CCC(CO)CC2)cc1. The van der Waals surface area contributed by atoms with E-state index in [0.29, 0.717) is 30.8 Å². The van der Waals surface area contributed by atoms with Crippen molar-refractivity contribution >= 4 is 28.7 Å². The Bertz CT molecular complexity index is 1130. The number of rotatable bonds is 5. The van der Waals surface area contributed by atoms with Crippen LogP contribution in [0.2, 0.25) is 0 Å². The van der Waals surface area contributed by atoms with Gasteiger partial charge in [-0.25, -0.2) is 14.5 Å². The molecule has 3 N–H and O–H groups in total. The number of fused-ring (bicyclic) bond motifs is 1. The summed E-state index contributed by atoms with van der Waals surface area (Å²) in [4.78, 5) is 23.7. The number of nitrogens with zero attached hydrogens (tertiary/aromatic N) is 5. The van der Waals surface area contributed by atoms with Gasteiger partial charge in [-0.2, -0.15) is 10.1 Å². The van der Waals surface area contributed by atoms with Crippen molar-refractivity contribution < 1.29 is 14.6 Å². The van der Waals surface area contributed by atoms with Gasteiger partial charge in [-0.05, 0) is 43.7 Å². The minimum Gasteiger partial charge on any atom is -0.396 e. The minimum absolute atomic E-state index is 0.255. The van der Waals surface area contributed by atoms with E-state index in [1.807, 2.05) is 30.5 Å². The summed E-state index contributed by atoms with van der Waals surface area (Å²) in [5, 5.41) is 20.5. The monoisotopic (exact) mass is 465 g/mol. The first-order valence-corrected chi connectivity index (χ1v) is 11.9. The van der Waals surface area contributed by atoms with Gasteiger partial charge in [0.1, 0.15) is 0 Å². The standard InChI is InChI=1S/C24H31N7O3/c1-25-24(33)27-18-6-4-17(5-7-18)21-20-14-26-31(19-8-2-16(15-32)3-9-19)22(20)29-23(28-21)30-10-12-34-13-11-30/h4-7,14,16,19,32H,2-3,8-13,15H2,1H3,(H2,25,27,33). The van der Waals surface area contributed by atoms with Gasteiger partial charge < -0.3 is 25.4 Å². The van der Waals surface area contributed by atoms with E-state index in [4.69, 9.17) is 19.8 Å². The molecule has 0 unspecified atom stereocenters. The van der Waals surface area contributed by atoms with E-state index in [9.17, 15) is 9.90 Å². The van der Waals surface area contributed by atoms with Gasteiger partial charge in [-0.15, -0.1) is 0 Å². The zero-order valence-corrected chi connectivity index (χ0v) is 19.4.